The highest BCUT2D eigenvalue weighted by molar-refractivity contribution is 5.59. The first-order valence-electron chi connectivity index (χ1n) is 7.03. The summed E-state index contributed by atoms with van der Waals surface area (Å²) in [4.78, 5) is 12.8. The molecule has 6 heteroatoms. The zero-order valence-corrected chi connectivity index (χ0v) is 11.7. The van der Waals surface area contributed by atoms with Crippen molar-refractivity contribution in [1.29, 1.82) is 0 Å². The van der Waals surface area contributed by atoms with Gasteiger partial charge in [0.25, 0.3) is 0 Å². The van der Waals surface area contributed by atoms with Crippen LogP contribution in [0.3, 0.4) is 0 Å². The minimum Gasteiger partial charge on any atom is -0.487 e. The molecule has 0 aliphatic carbocycles. The van der Waals surface area contributed by atoms with Crippen LogP contribution < -0.4 is 15.4 Å². The van der Waals surface area contributed by atoms with Gasteiger partial charge in [0.05, 0.1) is 11.5 Å². The number of nitro benzene ring substituents is 1. The first-order valence-corrected chi connectivity index (χ1v) is 7.03. The van der Waals surface area contributed by atoms with E-state index in [9.17, 15) is 10.1 Å². The molecule has 1 heterocycles. The van der Waals surface area contributed by atoms with Gasteiger partial charge in [-0.2, -0.15) is 0 Å². The lowest BCUT2D eigenvalue weighted by Gasteiger charge is -2.32. The predicted octanol–water partition coefficient (Wildman–Crippen LogP) is 2.31. The summed E-state index contributed by atoms with van der Waals surface area (Å²) < 4.78 is 5.51. The van der Waals surface area contributed by atoms with Crippen LogP contribution in [0.25, 0.3) is 0 Å². The highest BCUT2D eigenvalue weighted by Crippen LogP contribution is 2.32. The van der Waals surface area contributed by atoms with Crippen LogP contribution in [0.5, 0.6) is 5.75 Å². The molecule has 1 saturated heterocycles. The molecule has 1 atom stereocenters. The minimum atomic E-state index is -0.406. The van der Waals surface area contributed by atoms with Crippen molar-refractivity contribution in [2.45, 2.75) is 32.2 Å². The van der Waals surface area contributed by atoms with Gasteiger partial charge in [-0.3, -0.25) is 10.1 Å². The van der Waals surface area contributed by atoms with Crippen LogP contribution in [0.1, 0.15) is 26.2 Å². The maximum absolute atomic E-state index is 11.0. The molecule has 0 bridgehead atoms. The second kappa shape index (κ2) is 6.56. The Labute approximate surface area is 118 Å². The van der Waals surface area contributed by atoms with Crippen molar-refractivity contribution in [2.75, 3.05) is 24.6 Å². The first-order chi connectivity index (χ1) is 9.61. The normalized spacial score (nSPS) is 18.9. The summed E-state index contributed by atoms with van der Waals surface area (Å²) in [5.41, 5.74) is 6.94. The Hall–Kier alpha value is -1.82. The Morgan fingerprint density at radius 2 is 2.35 bits per heavy atom. The van der Waals surface area contributed by atoms with Crippen molar-refractivity contribution < 1.29 is 9.66 Å². The summed E-state index contributed by atoms with van der Waals surface area (Å²) >= 11 is 0. The van der Waals surface area contributed by atoms with Gasteiger partial charge >= 0.3 is 5.69 Å². The third kappa shape index (κ3) is 3.39. The Morgan fingerprint density at radius 3 is 3.00 bits per heavy atom. The fourth-order valence-corrected chi connectivity index (χ4v) is 2.42. The molecule has 1 aromatic rings. The fourth-order valence-electron chi connectivity index (χ4n) is 2.42. The molecule has 0 spiro atoms. The van der Waals surface area contributed by atoms with Crippen LogP contribution in [0, 0.1) is 10.1 Å². The Balaban J connectivity index is 2.23. The number of benzene rings is 1. The van der Waals surface area contributed by atoms with Gasteiger partial charge in [0.2, 0.25) is 0 Å². The lowest BCUT2D eigenvalue weighted by atomic mass is 10.1. The number of nitrogens with zero attached hydrogens (tertiary/aromatic N) is 2. The van der Waals surface area contributed by atoms with E-state index in [1.165, 1.54) is 6.07 Å². The summed E-state index contributed by atoms with van der Waals surface area (Å²) in [7, 11) is 0. The number of anilines is 1. The Morgan fingerprint density at radius 1 is 1.55 bits per heavy atom. The van der Waals surface area contributed by atoms with Gasteiger partial charge < -0.3 is 15.4 Å². The highest BCUT2D eigenvalue weighted by atomic mass is 16.6. The van der Waals surface area contributed by atoms with Crippen molar-refractivity contribution in [3.05, 3.63) is 28.3 Å². The summed E-state index contributed by atoms with van der Waals surface area (Å²) in [5.74, 6) is 0.341. The van der Waals surface area contributed by atoms with Crippen LogP contribution in [-0.2, 0) is 0 Å². The van der Waals surface area contributed by atoms with Gasteiger partial charge in [-0.05, 0) is 25.3 Å². The molecule has 2 rings (SSSR count). The number of hydrogen-bond donors (Lipinski definition) is 1. The smallest absolute Gasteiger partial charge is 0.311 e. The van der Waals surface area contributed by atoms with Crippen molar-refractivity contribution in [3.63, 3.8) is 0 Å². The van der Waals surface area contributed by atoms with Crippen molar-refractivity contribution >= 4 is 11.4 Å². The molecule has 0 saturated carbocycles. The van der Waals surface area contributed by atoms with Gasteiger partial charge in [0, 0.05) is 37.0 Å². The van der Waals surface area contributed by atoms with Gasteiger partial charge in [0.1, 0.15) is 0 Å². The van der Waals surface area contributed by atoms with E-state index in [1.54, 1.807) is 12.1 Å². The third-order valence-corrected chi connectivity index (χ3v) is 3.42. The third-order valence-electron chi connectivity index (χ3n) is 3.42. The van der Waals surface area contributed by atoms with E-state index < -0.39 is 4.92 Å². The average Bonchev–Trinajstić information content (AvgIpc) is 2.44. The number of rotatable bonds is 5. The van der Waals surface area contributed by atoms with E-state index in [4.69, 9.17) is 10.5 Å². The molecule has 0 amide bonds. The molecule has 2 N–H and O–H groups in total. The number of ether oxygens (including phenoxy) is 1. The number of nitro groups is 1. The molecule has 110 valence electrons. The summed E-state index contributed by atoms with van der Waals surface area (Å²) in [6.45, 7) is 4.16. The molecule has 0 aromatic heterocycles. The second-order valence-corrected chi connectivity index (χ2v) is 5.11. The number of hydrogen-bond acceptors (Lipinski definition) is 5. The van der Waals surface area contributed by atoms with Crippen molar-refractivity contribution in [1.82, 2.24) is 0 Å². The molecule has 0 radical (unpaired) electrons. The molecule has 1 aliphatic rings. The highest BCUT2D eigenvalue weighted by Gasteiger charge is 2.21. The SMILES string of the molecule is CCCOc1cc(N2CCC[C@@H](N)C2)ccc1[N+](=O)[O-]. The summed E-state index contributed by atoms with van der Waals surface area (Å²) in [6, 6.07) is 5.21. The van der Waals surface area contributed by atoms with E-state index >= 15 is 0 Å². The van der Waals surface area contributed by atoms with E-state index in [2.05, 4.69) is 4.90 Å². The predicted molar refractivity (Wildman–Crippen MR) is 78.3 cm³/mol. The molecule has 1 aliphatic heterocycles. The lowest BCUT2D eigenvalue weighted by Crippen LogP contribution is -2.42. The fraction of sp³-hybridized carbons (Fsp3) is 0.571. The van der Waals surface area contributed by atoms with Crippen LogP contribution in [0.4, 0.5) is 11.4 Å². The largest absolute Gasteiger partial charge is 0.487 e. The first kappa shape index (κ1) is 14.6. The molecule has 1 aromatic carbocycles. The monoisotopic (exact) mass is 279 g/mol. The molecular weight excluding hydrogens is 258 g/mol. The number of piperidine rings is 1. The number of nitrogens with two attached hydrogens (primary N) is 1. The molecule has 1 fully saturated rings. The standard InChI is InChI=1S/C14H21N3O3/c1-2-8-20-14-9-12(5-6-13(14)17(18)19)16-7-3-4-11(15)10-16/h5-6,9,11H,2-4,7-8,10,15H2,1H3/t11-/m1/s1. The maximum Gasteiger partial charge on any atom is 0.311 e. The Bertz CT molecular complexity index is 479. The lowest BCUT2D eigenvalue weighted by molar-refractivity contribution is -0.385. The minimum absolute atomic E-state index is 0.0171. The summed E-state index contributed by atoms with van der Waals surface area (Å²) in [5, 5.41) is 11.0. The van der Waals surface area contributed by atoms with E-state index in [1.807, 2.05) is 6.92 Å². The molecule has 20 heavy (non-hydrogen) atoms. The van der Waals surface area contributed by atoms with Gasteiger partial charge in [-0.25, -0.2) is 0 Å². The average molecular weight is 279 g/mol. The maximum atomic E-state index is 11.0. The van der Waals surface area contributed by atoms with Crippen molar-refractivity contribution in [3.8, 4) is 5.75 Å². The van der Waals surface area contributed by atoms with E-state index in [-0.39, 0.29) is 11.7 Å². The van der Waals surface area contributed by atoms with E-state index in [0.717, 1.165) is 38.0 Å². The van der Waals surface area contributed by atoms with Gasteiger partial charge in [-0.15, -0.1) is 0 Å². The molecular formula is C14H21N3O3. The Kier molecular flexibility index (Phi) is 4.79. The summed E-state index contributed by atoms with van der Waals surface area (Å²) in [6.07, 6.45) is 2.89. The van der Waals surface area contributed by atoms with E-state index in [0.29, 0.717) is 12.4 Å². The van der Waals surface area contributed by atoms with Gasteiger partial charge in [-0.1, -0.05) is 6.92 Å². The zero-order valence-electron chi connectivity index (χ0n) is 11.7. The van der Waals surface area contributed by atoms with Crippen LogP contribution in [0.2, 0.25) is 0 Å². The van der Waals surface area contributed by atoms with Crippen LogP contribution in [0.15, 0.2) is 18.2 Å². The topological polar surface area (TPSA) is 81.6 Å². The van der Waals surface area contributed by atoms with Gasteiger partial charge in [0.15, 0.2) is 5.75 Å². The second-order valence-electron chi connectivity index (χ2n) is 5.11. The van der Waals surface area contributed by atoms with Crippen LogP contribution >= 0.6 is 0 Å². The quantitative estimate of drug-likeness (QED) is 0.660. The van der Waals surface area contributed by atoms with Crippen molar-refractivity contribution in [2.24, 2.45) is 5.73 Å². The van der Waals surface area contributed by atoms with Crippen LogP contribution in [-0.4, -0.2) is 30.7 Å². The molecule has 6 nitrogen and oxygen atoms in total. The molecule has 0 unspecified atom stereocenters. The zero-order chi connectivity index (χ0) is 14.5.